The highest BCUT2D eigenvalue weighted by Crippen LogP contribution is 2.28. The van der Waals surface area contributed by atoms with Crippen LogP contribution in [0, 0.1) is 13.8 Å². The minimum atomic E-state index is -3.66. The number of nitrogens with zero attached hydrogens (tertiary/aromatic N) is 2. The van der Waals surface area contributed by atoms with Crippen molar-refractivity contribution in [1.82, 2.24) is 14.1 Å². The van der Waals surface area contributed by atoms with Crippen LogP contribution in [0.3, 0.4) is 0 Å². The van der Waals surface area contributed by atoms with Crippen LogP contribution >= 0.6 is 11.3 Å². The number of aromatic nitrogens is 2. The highest BCUT2D eigenvalue weighted by molar-refractivity contribution is 7.89. The van der Waals surface area contributed by atoms with Crippen LogP contribution in [0.2, 0.25) is 0 Å². The highest BCUT2D eigenvalue weighted by atomic mass is 32.2. The molecule has 0 radical (unpaired) electrons. The van der Waals surface area contributed by atoms with E-state index >= 15 is 0 Å². The van der Waals surface area contributed by atoms with Gasteiger partial charge in [0.2, 0.25) is 0 Å². The van der Waals surface area contributed by atoms with Gasteiger partial charge in [0.1, 0.15) is 0 Å². The number of nitrogens with one attached hydrogen (secondary N) is 1. The monoisotopic (exact) mass is 363 g/mol. The summed E-state index contributed by atoms with van der Waals surface area (Å²) in [6.07, 6.45) is 1.83. The van der Waals surface area contributed by atoms with Crippen molar-refractivity contribution in [2.24, 2.45) is 0 Å². The first-order chi connectivity index (χ1) is 11.3. The lowest BCUT2D eigenvalue weighted by molar-refractivity contribution is 0.573. The van der Waals surface area contributed by atoms with Crippen molar-refractivity contribution >= 4 is 26.3 Å². The molecule has 3 aromatic rings. The van der Waals surface area contributed by atoms with Gasteiger partial charge < -0.3 is 0 Å². The first-order valence-electron chi connectivity index (χ1n) is 7.81. The lowest BCUT2D eigenvalue weighted by atomic mass is 10.1. The van der Waals surface area contributed by atoms with E-state index < -0.39 is 10.0 Å². The smallest absolute Gasteiger partial charge is 0.258 e. The Morgan fingerprint density at radius 3 is 2.71 bits per heavy atom. The molecule has 1 aromatic carbocycles. The summed E-state index contributed by atoms with van der Waals surface area (Å²) in [5, 5.41) is 0.254. The Morgan fingerprint density at radius 2 is 2.04 bits per heavy atom. The number of hydrogen-bond donors (Lipinski definition) is 1. The molecule has 0 amide bonds. The molecule has 0 saturated carbocycles. The fourth-order valence-corrected chi connectivity index (χ4v) is 5.00. The standard InChI is InChI=1S/C17H21N3O2S2/c1-11(2)15-16(20-10-13(4)23-17(20)19-15)24(21,22)18-9-14-7-5-6-12(3)8-14/h5-8,10-11,18H,9H2,1-4H3. The molecule has 5 nitrogen and oxygen atoms in total. The van der Waals surface area contributed by atoms with Gasteiger partial charge in [-0.3, -0.25) is 4.40 Å². The third-order valence-corrected chi connectivity index (χ3v) is 6.11. The van der Waals surface area contributed by atoms with E-state index in [1.807, 2.05) is 58.2 Å². The van der Waals surface area contributed by atoms with Crippen LogP contribution in [-0.2, 0) is 16.6 Å². The molecule has 128 valence electrons. The number of fused-ring (bicyclic) bond motifs is 1. The number of hydrogen-bond acceptors (Lipinski definition) is 4. The summed E-state index contributed by atoms with van der Waals surface area (Å²) < 4.78 is 30.3. The van der Waals surface area contributed by atoms with Crippen LogP contribution in [0.25, 0.3) is 4.96 Å². The van der Waals surface area contributed by atoms with Gasteiger partial charge in [-0.05, 0) is 25.3 Å². The maximum Gasteiger partial charge on any atom is 0.258 e. The molecular weight excluding hydrogens is 342 g/mol. The molecule has 0 aliphatic carbocycles. The van der Waals surface area contributed by atoms with Gasteiger partial charge in [0, 0.05) is 17.6 Å². The van der Waals surface area contributed by atoms with Crippen LogP contribution in [-0.4, -0.2) is 17.8 Å². The first kappa shape index (κ1) is 17.1. The minimum absolute atomic E-state index is 0.0305. The van der Waals surface area contributed by atoms with Crippen LogP contribution in [0.1, 0.15) is 41.5 Å². The lowest BCUT2D eigenvalue weighted by Gasteiger charge is -2.10. The van der Waals surface area contributed by atoms with Crippen molar-refractivity contribution in [2.75, 3.05) is 0 Å². The van der Waals surface area contributed by atoms with E-state index in [0.717, 1.165) is 16.0 Å². The zero-order valence-electron chi connectivity index (χ0n) is 14.2. The van der Waals surface area contributed by atoms with Crippen LogP contribution in [0.15, 0.2) is 35.5 Å². The van der Waals surface area contributed by atoms with E-state index in [1.165, 1.54) is 11.3 Å². The number of aryl methyl sites for hydroxylation is 2. The van der Waals surface area contributed by atoms with E-state index in [0.29, 0.717) is 10.7 Å². The molecule has 0 saturated heterocycles. The summed E-state index contributed by atoms with van der Waals surface area (Å²) in [6, 6.07) is 7.81. The van der Waals surface area contributed by atoms with Gasteiger partial charge in [0.15, 0.2) is 9.99 Å². The molecule has 0 spiro atoms. The Balaban J connectivity index is 1.99. The van der Waals surface area contributed by atoms with Gasteiger partial charge in [0.25, 0.3) is 10.0 Å². The molecular formula is C17H21N3O2S2. The van der Waals surface area contributed by atoms with Gasteiger partial charge >= 0.3 is 0 Å². The van der Waals surface area contributed by atoms with Crippen molar-refractivity contribution in [3.05, 3.63) is 52.2 Å². The van der Waals surface area contributed by atoms with E-state index in [9.17, 15) is 8.42 Å². The topological polar surface area (TPSA) is 63.5 Å². The number of sulfonamides is 1. The molecule has 2 heterocycles. The third-order valence-electron chi connectivity index (χ3n) is 3.77. The van der Waals surface area contributed by atoms with Crippen molar-refractivity contribution in [3.8, 4) is 0 Å². The van der Waals surface area contributed by atoms with E-state index in [2.05, 4.69) is 9.71 Å². The van der Waals surface area contributed by atoms with Crippen LogP contribution in [0.5, 0.6) is 0 Å². The van der Waals surface area contributed by atoms with E-state index in [1.54, 1.807) is 4.40 Å². The van der Waals surface area contributed by atoms with Gasteiger partial charge in [-0.2, -0.15) is 0 Å². The number of benzene rings is 1. The third kappa shape index (κ3) is 3.24. The summed E-state index contributed by atoms with van der Waals surface area (Å²) in [6.45, 7) is 8.12. The SMILES string of the molecule is Cc1cccc(CNS(=O)(=O)c2c(C(C)C)nc3sc(C)cn23)c1. The van der Waals surface area contributed by atoms with Gasteiger partial charge in [-0.1, -0.05) is 43.7 Å². The Bertz CT molecular complexity index is 985. The van der Waals surface area contributed by atoms with E-state index in [4.69, 9.17) is 0 Å². The summed E-state index contributed by atoms with van der Waals surface area (Å²) in [7, 11) is -3.66. The molecule has 0 aliphatic heterocycles. The second-order valence-corrected chi connectivity index (χ2v) is 9.16. The van der Waals surface area contributed by atoms with Gasteiger partial charge in [-0.25, -0.2) is 18.1 Å². The molecule has 0 aliphatic rings. The Morgan fingerprint density at radius 1 is 1.29 bits per heavy atom. The van der Waals surface area contributed by atoms with Crippen molar-refractivity contribution in [2.45, 2.75) is 45.2 Å². The number of rotatable bonds is 5. The molecule has 0 unspecified atom stereocenters. The average Bonchev–Trinajstić information content (AvgIpc) is 3.01. The predicted octanol–water partition coefficient (Wildman–Crippen LogP) is 3.61. The number of thiazole rings is 1. The fraction of sp³-hybridized carbons (Fsp3) is 0.353. The van der Waals surface area contributed by atoms with Crippen molar-refractivity contribution in [3.63, 3.8) is 0 Å². The number of imidazole rings is 1. The molecule has 1 N–H and O–H groups in total. The molecule has 2 aromatic heterocycles. The largest absolute Gasteiger partial charge is 0.279 e. The predicted molar refractivity (Wildman–Crippen MR) is 97.1 cm³/mol. The fourth-order valence-electron chi connectivity index (χ4n) is 2.66. The second-order valence-electron chi connectivity index (χ2n) is 6.26. The molecule has 7 heteroatoms. The zero-order valence-corrected chi connectivity index (χ0v) is 15.8. The van der Waals surface area contributed by atoms with E-state index in [-0.39, 0.29) is 17.5 Å². The van der Waals surface area contributed by atoms with Crippen molar-refractivity contribution in [1.29, 1.82) is 0 Å². The van der Waals surface area contributed by atoms with Crippen LogP contribution < -0.4 is 4.72 Å². The molecule has 24 heavy (non-hydrogen) atoms. The second kappa shape index (κ2) is 6.31. The zero-order chi connectivity index (χ0) is 17.5. The maximum atomic E-state index is 12.9. The maximum absolute atomic E-state index is 12.9. The summed E-state index contributed by atoms with van der Waals surface area (Å²) in [5.74, 6) is 0.0305. The van der Waals surface area contributed by atoms with Gasteiger partial charge in [0.05, 0.1) is 5.69 Å². The lowest BCUT2D eigenvalue weighted by Crippen LogP contribution is -2.25. The normalized spacial score (nSPS) is 12.4. The highest BCUT2D eigenvalue weighted by Gasteiger charge is 2.27. The van der Waals surface area contributed by atoms with Gasteiger partial charge in [-0.15, -0.1) is 11.3 Å². The Kier molecular flexibility index (Phi) is 4.50. The summed E-state index contributed by atoms with van der Waals surface area (Å²) in [5.41, 5.74) is 2.65. The average molecular weight is 364 g/mol. The Hall–Kier alpha value is -1.70. The minimum Gasteiger partial charge on any atom is -0.279 e. The van der Waals surface area contributed by atoms with Crippen molar-refractivity contribution < 1.29 is 8.42 Å². The van der Waals surface area contributed by atoms with Crippen LogP contribution in [0.4, 0.5) is 0 Å². The Labute approximate surface area is 146 Å². The molecule has 0 fully saturated rings. The first-order valence-corrected chi connectivity index (χ1v) is 10.1. The molecule has 0 bridgehead atoms. The summed E-state index contributed by atoms with van der Waals surface area (Å²) in [4.78, 5) is 6.28. The quantitative estimate of drug-likeness (QED) is 0.753. The molecule has 3 rings (SSSR count). The molecule has 0 atom stereocenters. The summed E-state index contributed by atoms with van der Waals surface area (Å²) >= 11 is 1.50.